The van der Waals surface area contributed by atoms with E-state index in [9.17, 15) is 24.3 Å². The standard InChI is InChI=1S/C49H71N3O7/c1-29(2)39-34(53)26-49(27-38(54)51-28-30-11-10-20-50-41(30)52-21-23-58-24-22-52)19-18-47(8)31(40(39)49)12-13-36-46(7)16-15-37(45(5,6)35(46)14-17-48(36,47)9)59-43(57)33-25-32(42(55)56)44(33,3)4/h10-11,20,29,31-33,35-37H,12-19,21-28H2,1-9H3,(H,51,54)(H,55,56)/t31-,32+,33-,35+,36-,37+,46+,47-,48-,49+/m1/s1. The number of anilines is 1. The number of morpholine rings is 1. The number of carbonyl (C=O) groups excluding carboxylic acids is 3. The molecule has 0 unspecified atom stereocenters. The smallest absolute Gasteiger partial charge is 0.309 e. The molecule has 10 nitrogen and oxygen atoms in total. The molecule has 10 atom stereocenters. The number of amides is 1. The van der Waals surface area contributed by atoms with Gasteiger partial charge in [-0.3, -0.25) is 19.2 Å². The number of ketones is 1. The minimum atomic E-state index is -0.831. The quantitative estimate of drug-likeness (QED) is 0.235. The third kappa shape index (κ3) is 6.44. The van der Waals surface area contributed by atoms with Gasteiger partial charge >= 0.3 is 11.9 Å². The minimum Gasteiger partial charge on any atom is -0.481 e. The van der Waals surface area contributed by atoms with Crippen molar-refractivity contribution in [3.05, 3.63) is 35.0 Å². The first-order chi connectivity index (χ1) is 27.7. The van der Waals surface area contributed by atoms with Crippen LogP contribution in [0.25, 0.3) is 0 Å². The lowest BCUT2D eigenvalue weighted by molar-refractivity contribution is -0.236. The van der Waals surface area contributed by atoms with Gasteiger partial charge < -0.3 is 24.8 Å². The van der Waals surface area contributed by atoms with Crippen LogP contribution in [0.1, 0.15) is 139 Å². The zero-order chi connectivity index (χ0) is 42.5. The largest absolute Gasteiger partial charge is 0.481 e. The maximum absolute atomic E-state index is 14.2. The zero-order valence-corrected chi connectivity index (χ0v) is 37.4. The number of carbonyl (C=O) groups is 4. The summed E-state index contributed by atoms with van der Waals surface area (Å²) in [6, 6.07) is 3.98. The SMILES string of the molecule is CC(C)C1=C2[C@H]3CC[C@@H]4[C@@]5(C)CC[C@H](OC(=O)[C@H]6C[C@@H](C(=O)O)C6(C)C)C(C)(C)[C@@H]5CC[C@@]4(C)[C@]3(C)CC[C@@]2(CC(=O)NCc2cccnc2N2CCOCC2)CC1=O. The van der Waals surface area contributed by atoms with Gasteiger partial charge in [0.05, 0.1) is 25.0 Å². The number of carboxylic acid groups (broad SMARTS) is 1. The van der Waals surface area contributed by atoms with Gasteiger partial charge in [0.25, 0.3) is 0 Å². The van der Waals surface area contributed by atoms with Crippen molar-refractivity contribution in [1.82, 2.24) is 10.3 Å². The van der Waals surface area contributed by atoms with Crippen molar-refractivity contribution in [2.24, 2.45) is 68.0 Å². The zero-order valence-electron chi connectivity index (χ0n) is 37.4. The highest BCUT2D eigenvalue weighted by molar-refractivity contribution is 6.01. The Morgan fingerprint density at radius 1 is 0.915 bits per heavy atom. The molecule has 7 aliphatic rings. The topological polar surface area (TPSA) is 135 Å². The normalized spacial score (nSPS) is 39.6. The number of nitrogens with zero attached hydrogens (tertiary/aromatic N) is 2. The molecule has 1 amide bonds. The number of Topliss-reactive ketones (excluding diaryl/α,β-unsaturated/α-hetero) is 1. The van der Waals surface area contributed by atoms with Crippen molar-refractivity contribution >= 4 is 29.4 Å². The molecule has 0 spiro atoms. The molecule has 59 heavy (non-hydrogen) atoms. The summed E-state index contributed by atoms with van der Waals surface area (Å²) in [5, 5.41) is 13.0. The number of nitrogens with one attached hydrogen (secondary N) is 1. The first-order valence-electron chi connectivity index (χ1n) is 23.0. The van der Waals surface area contributed by atoms with Gasteiger partial charge in [-0.2, -0.15) is 0 Å². The Hall–Kier alpha value is -3.27. The van der Waals surface area contributed by atoms with E-state index in [4.69, 9.17) is 9.47 Å². The van der Waals surface area contributed by atoms with Crippen molar-refractivity contribution in [2.75, 3.05) is 31.2 Å². The number of hydrogen-bond donors (Lipinski definition) is 2. The second-order valence-electron chi connectivity index (χ2n) is 22.3. The van der Waals surface area contributed by atoms with Crippen LogP contribution >= 0.6 is 0 Å². The van der Waals surface area contributed by atoms with Gasteiger partial charge in [-0.1, -0.05) is 74.0 Å². The van der Waals surface area contributed by atoms with Gasteiger partial charge in [-0.05, 0) is 115 Å². The third-order valence-corrected chi connectivity index (χ3v) is 18.8. The van der Waals surface area contributed by atoms with E-state index in [1.807, 2.05) is 32.2 Å². The molecule has 5 saturated carbocycles. The molecule has 0 bridgehead atoms. The molecular formula is C49H71N3O7. The highest BCUT2D eigenvalue weighted by Crippen LogP contribution is 2.77. The number of aliphatic carboxylic acids is 1. The summed E-state index contributed by atoms with van der Waals surface area (Å²) in [6.45, 7) is 23.7. The first-order valence-corrected chi connectivity index (χ1v) is 23.0. The fourth-order valence-corrected chi connectivity index (χ4v) is 15.3. The maximum atomic E-state index is 14.2. The highest BCUT2D eigenvalue weighted by atomic mass is 16.5. The van der Waals surface area contributed by atoms with Gasteiger partial charge in [0, 0.05) is 55.1 Å². The Morgan fingerprint density at radius 2 is 1.64 bits per heavy atom. The Labute approximate surface area is 352 Å². The lowest BCUT2D eigenvalue weighted by Crippen LogP contribution is -2.66. The molecule has 0 aromatic carbocycles. The number of allylic oxidation sites excluding steroid dienone is 2. The summed E-state index contributed by atoms with van der Waals surface area (Å²) in [5.74, 6) is 0.438. The molecule has 1 aromatic heterocycles. The number of carboxylic acids is 1. The minimum absolute atomic E-state index is 0.0101. The highest BCUT2D eigenvalue weighted by Gasteiger charge is 2.70. The van der Waals surface area contributed by atoms with Crippen LogP contribution < -0.4 is 10.2 Å². The summed E-state index contributed by atoms with van der Waals surface area (Å²) in [7, 11) is 0. The number of rotatable bonds is 9. The van der Waals surface area contributed by atoms with Crippen molar-refractivity contribution in [2.45, 2.75) is 146 Å². The third-order valence-electron chi connectivity index (χ3n) is 18.8. The van der Waals surface area contributed by atoms with E-state index in [0.717, 1.165) is 81.4 Å². The molecule has 0 radical (unpaired) electrons. The molecule has 6 aliphatic carbocycles. The van der Waals surface area contributed by atoms with Crippen molar-refractivity contribution < 1.29 is 33.8 Å². The molecule has 1 aliphatic heterocycles. The molecule has 6 fully saturated rings. The summed E-state index contributed by atoms with van der Waals surface area (Å²) in [4.78, 5) is 60.7. The summed E-state index contributed by atoms with van der Waals surface area (Å²) in [6.07, 6.45) is 10.7. The van der Waals surface area contributed by atoms with E-state index in [1.54, 1.807) is 0 Å². The number of hydrogen-bond acceptors (Lipinski definition) is 8. The van der Waals surface area contributed by atoms with Crippen LogP contribution in [0, 0.1) is 68.0 Å². The Balaban J connectivity index is 1.01. The van der Waals surface area contributed by atoms with E-state index in [2.05, 4.69) is 63.7 Å². The van der Waals surface area contributed by atoms with Crippen LogP contribution in [0.2, 0.25) is 0 Å². The van der Waals surface area contributed by atoms with Crippen LogP contribution in [0.4, 0.5) is 5.82 Å². The van der Waals surface area contributed by atoms with E-state index in [-0.39, 0.29) is 63.2 Å². The molecule has 8 rings (SSSR count). The van der Waals surface area contributed by atoms with Crippen LogP contribution in [-0.4, -0.2) is 66.1 Å². The average Bonchev–Trinajstić information content (AvgIpc) is 3.46. The van der Waals surface area contributed by atoms with Crippen molar-refractivity contribution in [3.63, 3.8) is 0 Å². The fraction of sp³-hybridized carbons (Fsp3) is 0.776. The predicted octanol–water partition coefficient (Wildman–Crippen LogP) is 8.56. The van der Waals surface area contributed by atoms with E-state index >= 15 is 0 Å². The summed E-state index contributed by atoms with van der Waals surface area (Å²) in [5.41, 5.74) is 2.15. The Kier molecular flexibility index (Phi) is 10.6. The van der Waals surface area contributed by atoms with Crippen LogP contribution in [0.15, 0.2) is 29.5 Å². The lowest BCUT2D eigenvalue weighted by Gasteiger charge is -2.72. The molecule has 2 N–H and O–H groups in total. The second-order valence-corrected chi connectivity index (χ2v) is 22.3. The molecule has 1 saturated heterocycles. The van der Waals surface area contributed by atoms with Crippen LogP contribution in [0.5, 0.6) is 0 Å². The Morgan fingerprint density at radius 3 is 2.32 bits per heavy atom. The predicted molar refractivity (Wildman–Crippen MR) is 226 cm³/mol. The molecule has 324 valence electrons. The van der Waals surface area contributed by atoms with Crippen LogP contribution in [-0.2, 0) is 35.2 Å². The fourth-order valence-electron chi connectivity index (χ4n) is 15.3. The van der Waals surface area contributed by atoms with Gasteiger partial charge in [0.2, 0.25) is 5.91 Å². The van der Waals surface area contributed by atoms with Crippen LogP contribution in [0.3, 0.4) is 0 Å². The molecule has 10 heteroatoms. The van der Waals surface area contributed by atoms with Gasteiger partial charge in [0.1, 0.15) is 11.9 Å². The van der Waals surface area contributed by atoms with Crippen molar-refractivity contribution in [1.29, 1.82) is 0 Å². The van der Waals surface area contributed by atoms with E-state index in [1.165, 1.54) is 5.57 Å². The summed E-state index contributed by atoms with van der Waals surface area (Å²) < 4.78 is 12.0. The van der Waals surface area contributed by atoms with E-state index in [0.29, 0.717) is 50.9 Å². The Bertz CT molecular complexity index is 1910. The molecular weight excluding hydrogens is 743 g/mol. The maximum Gasteiger partial charge on any atom is 0.309 e. The molecule has 2 heterocycles. The first kappa shape index (κ1) is 42.4. The monoisotopic (exact) mass is 814 g/mol. The van der Waals surface area contributed by atoms with Gasteiger partial charge in [0.15, 0.2) is 5.78 Å². The number of pyridine rings is 1. The number of ether oxygens (including phenoxy) is 2. The average molecular weight is 814 g/mol. The summed E-state index contributed by atoms with van der Waals surface area (Å²) >= 11 is 0. The number of aromatic nitrogens is 1. The van der Waals surface area contributed by atoms with Gasteiger partial charge in [-0.15, -0.1) is 0 Å². The second kappa shape index (κ2) is 14.7. The number of fused-ring (bicyclic) bond motifs is 7. The van der Waals surface area contributed by atoms with Gasteiger partial charge in [-0.25, -0.2) is 4.98 Å². The van der Waals surface area contributed by atoms with E-state index < -0.39 is 22.7 Å². The lowest BCUT2D eigenvalue weighted by atomic mass is 9.33. The van der Waals surface area contributed by atoms with Crippen molar-refractivity contribution in [3.8, 4) is 0 Å². The number of esters is 1. The molecule has 1 aromatic rings.